The molecule has 2 rings (SSSR count). The van der Waals surface area contributed by atoms with E-state index < -0.39 is 11.8 Å². The Morgan fingerprint density at radius 3 is 2.59 bits per heavy atom. The van der Waals surface area contributed by atoms with Crippen LogP contribution in [0.5, 0.6) is 17.2 Å². The van der Waals surface area contributed by atoms with Crippen LogP contribution in [0.3, 0.4) is 0 Å². The van der Waals surface area contributed by atoms with Crippen LogP contribution in [0.1, 0.15) is 15.9 Å². The number of hydrazone groups is 1. The molecule has 0 fully saturated rings. The predicted octanol–water partition coefficient (Wildman–Crippen LogP) is 2.05. The first-order valence-electron chi connectivity index (χ1n) is 7.76. The van der Waals surface area contributed by atoms with Crippen LogP contribution in [-0.4, -0.2) is 43.9 Å². The number of para-hydroxylation sites is 1. The molecule has 0 aromatic heterocycles. The van der Waals surface area contributed by atoms with Crippen LogP contribution >= 0.6 is 15.9 Å². The molecule has 0 heterocycles. The molecule has 2 aromatic rings. The summed E-state index contributed by atoms with van der Waals surface area (Å²) in [7, 11) is 2.89. The number of carbonyl (C=O) groups is 2. The largest absolute Gasteiger partial charge is 0.503 e. The number of aromatic hydroxyl groups is 1. The first-order valence-corrected chi connectivity index (χ1v) is 8.55. The van der Waals surface area contributed by atoms with Crippen molar-refractivity contribution >= 4 is 34.0 Å². The van der Waals surface area contributed by atoms with E-state index in [1.807, 2.05) is 0 Å². The minimum Gasteiger partial charge on any atom is -0.503 e. The SMILES string of the molecule is COc1ccccc1C(=O)NCC(=O)NN=Cc1cc(Br)c(O)c(OC)c1. The summed E-state index contributed by atoms with van der Waals surface area (Å²) in [6, 6.07) is 9.86. The highest BCUT2D eigenvalue weighted by Crippen LogP contribution is 2.34. The van der Waals surface area contributed by atoms with Gasteiger partial charge in [-0.2, -0.15) is 5.10 Å². The summed E-state index contributed by atoms with van der Waals surface area (Å²) >= 11 is 3.20. The van der Waals surface area contributed by atoms with E-state index in [1.165, 1.54) is 20.4 Å². The number of hydrogen-bond acceptors (Lipinski definition) is 6. The van der Waals surface area contributed by atoms with Crippen molar-refractivity contribution in [2.75, 3.05) is 20.8 Å². The number of hydrogen-bond donors (Lipinski definition) is 3. The molecule has 0 unspecified atom stereocenters. The molecule has 8 nitrogen and oxygen atoms in total. The summed E-state index contributed by atoms with van der Waals surface area (Å²) in [4.78, 5) is 23.9. The van der Waals surface area contributed by atoms with Gasteiger partial charge in [-0.3, -0.25) is 9.59 Å². The van der Waals surface area contributed by atoms with Crippen LogP contribution in [0.4, 0.5) is 0 Å². The Bertz CT molecular complexity index is 870. The van der Waals surface area contributed by atoms with E-state index in [9.17, 15) is 14.7 Å². The molecule has 0 atom stereocenters. The highest BCUT2D eigenvalue weighted by Gasteiger charge is 2.12. The van der Waals surface area contributed by atoms with Gasteiger partial charge >= 0.3 is 0 Å². The lowest BCUT2D eigenvalue weighted by Gasteiger charge is -2.08. The number of amides is 2. The standard InChI is InChI=1S/C18H18BrN3O5/c1-26-14-6-4-3-5-12(14)18(25)20-10-16(23)22-21-9-11-7-13(19)17(24)15(8-11)27-2/h3-9,24H,10H2,1-2H3,(H,20,25)(H,22,23). The Kier molecular flexibility index (Phi) is 7.18. The smallest absolute Gasteiger partial charge is 0.259 e. The van der Waals surface area contributed by atoms with Crippen molar-refractivity contribution in [1.82, 2.24) is 10.7 Å². The van der Waals surface area contributed by atoms with Crippen LogP contribution < -0.4 is 20.2 Å². The van der Waals surface area contributed by atoms with E-state index in [4.69, 9.17) is 9.47 Å². The maximum atomic E-state index is 12.1. The van der Waals surface area contributed by atoms with Gasteiger partial charge < -0.3 is 19.9 Å². The summed E-state index contributed by atoms with van der Waals surface area (Å²) in [5.41, 5.74) is 3.23. The molecule has 9 heteroatoms. The van der Waals surface area contributed by atoms with Gasteiger partial charge in [0.15, 0.2) is 11.5 Å². The third-order valence-electron chi connectivity index (χ3n) is 3.43. The van der Waals surface area contributed by atoms with Gasteiger partial charge in [-0.25, -0.2) is 5.43 Å². The molecule has 0 radical (unpaired) electrons. The molecule has 3 N–H and O–H groups in total. The van der Waals surface area contributed by atoms with Crippen LogP contribution in [0.2, 0.25) is 0 Å². The zero-order valence-electron chi connectivity index (χ0n) is 14.7. The Hall–Kier alpha value is -3.07. The highest BCUT2D eigenvalue weighted by atomic mass is 79.9. The molecule has 0 aliphatic heterocycles. The monoisotopic (exact) mass is 435 g/mol. The fraction of sp³-hybridized carbons (Fsp3) is 0.167. The molecule has 0 saturated carbocycles. The third kappa shape index (κ3) is 5.45. The molecule has 2 amide bonds. The van der Waals surface area contributed by atoms with Crippen molar-refractivity contribution in [1.29, 1.82) is 0 Å². The van der Waals surface area contributed by atoms with E-state index in [-0.39, 0.29) is 18.0 Å². The Labute approximate surface area is 164 Å². The third-order valence-corrected chi connectivity index (χ3v) is 4.04. The maximum absolute atomic E-state index is 12.1. The average Bonchev–Trinajstić information content (AvgIpc) is 2.68. The highest BCUT2D eigenvalue weighted by molar-refractivity contribution is 9.10. The first kappa shape index (κ1) is 20.2. The number of ether oxygens (including phenoxy) is 2. The van der Waals surface area contributed by atoms with E-state index >= 15 is 0 Å². The van der Waals surface area contributed by atoms with Crippen molar-refractivity contribution in [2.24, 2.45) is 5.10 Å². The van der Waals surface area contributed by atoms with Crippen molar-refractivity contribution < 1.29 is 24.2 Å². The molecule has 142 valence electrons. The summed E-state index contributed by atoms with van der Waals surface area (Å²) in [6.45, 7) is -0.253. The second-order valence-electron chi connectivity index (χ2n) is 5.23. The van der Waals surface area contributed by atoms with Gasteiger partial charge in [-0.1, -0.05) is 12.1 Å². The quantitative estimate of drug-likeness (QED) is 0.455. The predicted molar refractivity (Wildman–Crippen MR) is 103 cm³/mol. The lowest BCUT2D eigenvalue weighted by molar-refractivity contribution is -0.120. The molecular formula is C18H18BrN3O5. The van der Waals surface area contributed by atoms with Gasteiger partial charge in [-0.15, -0.1) is 0 Å². The van der Waals surface area contributed by atoms with Gasteiger partial charge in [0.25, 0.3) is 11.8 Å². The van der Waals surface area contributed by atoms with Crippen molar-refractivity contribution in [3.05, 3.63) is 52.0 Å². The van der Waals surface area contributed by atoms with Crippen LogP contribution in [0.25, 0.3) is 0 Å². The lowest BCUT2D eigenvalue weighted by atomic mass is 10.2. The summed E-state index contributed by atoms with van der Waals surface area (Å²) < 4.78 is 10.6. The fourth-order valence-corrected chi connectivity index (χ4v) is 2.59. The molecule has 27 heavy (non-hydrogen) atoms. The number of phenolic OH excluding ortho intramolecular Hbond substituents is 1. The number of carbonyl (C=O) groups excluding carboxylic acids is 2. The Morgan fingerprint density at radius 2 is 1.89 bits per heavy atom. The van der Waals surface area contributed by atoms with E-state index in [0.29, 0.717) is 21.3 Å². The number of rotatable bonds is 7. The average molecular weight is 436 g/mol. The van der Waals surface area contributed by atoms with Crippen LogP contribution in [0.15, 0.2) is 46.0 Å². The topological polar surface area (TPSA) is 109 Å². The number of halogens is 1. The minimum atomic E-state index is -0.501. The lowest BCUT2D eigenvalue weighted by Crippen LogP contribution is -2.35. The van der Waals surface area contributed by atoms with E-state index in [2.05, 4.69) is 31.8 Å². The number of phenols is 1. The number of benzene rings is 2. The Balaban J connectivity index is 1.90. The van der Waals surface area contributed by atoms with Gasteiger partial charge in [0.05, 0.1) is 37.0 Å². The van der Waals surface area contributed by atoms with Crippen LogP contribution in [-0.2, 0) is 4.79 Å². The zero-order chi connectivity index (χ0) is 19.8. The fourth-order valence-electron chi connectivity index (χ4n) is 2.13. The minimum absolute atomic E-state index is 0.0299. The second kappa shape index (κ2) is 9.58. The van der Waals surface area contributed by atoms with Gasteiger partial charge in [0.2, 0.25) is 0 Å². The Morgan fingerprint density at radius 1 is 1.19 bits per heavy atom. The second-order valence-corrected chi connectivity index (χ2v) is 6.08. The van der Waals surface area contributed by atoms with E-state index in [1.54, 1.807) is 36.4 Å². The van der Waals surface area contributed by atoms with Crippen molar-refractivity contribution in [2.45, 2.75) is 0 Å². The van der Waals surface area contributed by atoms with Crippen LogP contribution in [0, 0.1) is 0 Å². The van der Waals surface area contributed by atoms with Gasteiger partial charge in [-0.05, 0) is 45.8 Å². The summed E-state index contributed by atoms with van der Waals surface area (Å²) in [5.74, 6) is -0.280. The first-order chi connectivity index (χ1) is 13.0. The molecule has 0 aliphatic rings. The molecule has 2 aromatic carbocycles. The van der Waals surface area contributed by atoms with Crippen molar-refractivity contribution in [3.63, 3.8) is 0 Å². The summed E-state index contributed by atoms with van der Waals surface area (Å²) in [6.07, 6.45) is 1.38. The molecule has 0 saturated heterocycles. The normalized spacial score (nSPS) is 10.5. The molecule has 0 spiro atoms. The summed E-state index contributed by atoms with van der Waals surface area (Å²) in [5, 5.41) is 16.1. The van der Waals surface area contributed by atoms with Crippen molar-refractivity contribution in [3.8, 4) is 17.2 Å². The molecular weight excluding hydrogens is 418 g/mol. The maximum Gasteiger partial charge on any atom is 0.259 e. The van der Waals surface area contributed by atoms with Gasteiger partial charge in [0, 0.05) is 0 Å². The van der Waals surface area contributed by atoms with Gasteiger partial charge in [0.1, 0.15) is 5.75 Å². The number of nitrogens with one attached hydrogen (secondary N) is 2. The number of methoxy groups -OCH3 is 2. The molecule has 0 bridgehead atoms. The zero-order valence-corrected chi connectivity index (χ0v) is 16.2. The number of nitrogens with zero attached hydrogens (tertiary/aromatic N) is 1. The van der Waals surface area contributed by atoms with E-state index in [0.717, 1.165) is 0 Å². The molecule has 0 aliphatic carbocycles.